The fraction of sp³-hybridized carbons (Fsp3) is 0.388. The van der Waals surface area contributed by atoms with E-state index in [9.17, 15) is 43.0 Å². The monoisotopic (exact) mass is 965 g/mol. The van der Waals surface area contributed by atoms with Crippen LogP contribution in [-0.4, -0.2) is 113 Å². The lowest BCUT2D eigenvalue weighted by atomic mass is 9.86. The number of ether oxygens (including phenoxy) is 3. The van der Waals surface area contributed by atoms with Crippen LogP contribution < -0.4 is 24.8 Å². The second-order valence-corrected chi connectivity index (χ2v) is 19.6. The van der Waals surface area contributed by atoms with Crippen LogP contribution in [0.1, 0.15) is 106 Å². The van der Waals surface area contributed by atoms with Crippen molar-refractivity contribution < 1.29 is 57.2 Å². The predicted octanol–water partition coefficient (Wildman–Crippen LogP) is 5.90. The first-order chi connectivity index (χ1) is 33.0. The normalized spacial score (nSPS) is 18.7. The van der Waals surface area contributed by atoms with E-state index in [0.717, 1.165) is 52.8 Å². The Hall–Kier alpha value is -6.87. The maximum atomic E-state index is 13.3. The zero-order valence-electron chi connectivity index (χ0n) is 38.7. The topological polar surface area (TPSA) is 252 Å². The van der Waals surface area contributed by atoms with Gasteiger partial charge in [-0.2, -0.15) is 4.31 Å². The highest BCUT2D eigenvalue weighted by Crippen LogP contribution is 2.58. The van der Waals surface area contributed by atoms with E-state index >= 15 is 0 Å². The molecule has 0 spiro atoms. The van der Waals surface area contributed by atoms with Crippen LogP contribution in [0.3, 0.4) is 0 Å². The van der Waals surface area contributed by atoms with Crippen molar-refractivity contribution in [2.75, 3.05) is 26.8 Å². The Bertz CT molecular complexity index is 2850. The van der Waals surface area contributed by atoms with Gasteiger partial charge in [-0.3, -0.25) is 48.1 Å². The van der Waals surface area contributed by atoms with E-state index in [0.29, 0.717) is 46.0 Å². The molecule has 8 rings (SSSR count). The highest BCUT2D eigenvalue weighted by Gasteiger charge is 2.46. The van der Waals surface area contributed by atoms with E-state index in [4.69, 9.17) is 14.2 Å². The van der Waals surface area contributed by atoms with E-state index in [1.165, 1.54) is 18.2 Å². The first-order valence-corrected chi connectivity index (χ1v) is 24.3. The molecule has 1 saturated heterocycles. The second kappa shape index (κ2) is 20.4. The van der Waals surface area contributed by atoms with Gasteiger partial charge in [0.05, 0.1) is 31.2 Å². The van der Waals surface area contributed by atoms with Crippen molar-refractivity contribution in [2.24, 2.45) is 7.05 Å². The van der Waals surface area contributed by atoms with Crippen LogP contribution >= 0.6 is 10.8 Å². The van der Waals surface area contributed by atoms with Crippen molar-refractivity contribution in [3.8, 4) is 17.2 Å². The van der Waals surface area contributed by atoms with Crippen LogP contribution in [0.25, 0.3) is 11.0 Å². The van der Waals surface area contributed by atoms with Crippen LogP contribution in [0.5, 0.6) is 17.2 Å². The van der Waals surface area contributed by atoms with Crippen LogP contribution in [0.15, 0.2) is 71.6 Å². The summed E-state index contributed by atoms with van der Waals surface area (Å²) >= 11 is 0. The third kappa shape index (κ3) is 10.3. The van der Waals surface area contributed by atoms with Crippen molar-refractivity contribution >= 4 is 57.3 Å². The number of rotatable bonds is 18. The number of aryl methyl sites for hydroxylation is 3. The number of nitrogens with one attached hydrogen (secondary N) is 2. The number of carboxylic acid groups (broad SMARTS) is 1. The number of hydrogen-bond donors (Lipinski definition) is 5. The quantitative estimate of drug-likeness (QED) is 0.0507. The van der Waals surface area contributed by atoms with Crippen molar-refractivity contribution in [3.05, 3.63) is 106 Å². The molecule has 0 aliphatic carbocycles. The average molecular weight is 966 g/mol. The number of nitrogens with zero attached hydrogens (tertiary/aromatic N) is 5. The van der Waals surface area contributed by atoms with Gasteiger partial charge in [0.15, 0.2) is 6.61 Å². The van der Waals surface area contributed by atoms with Gasteiger partial charge in [-0.05, 0) is 104 Å². The minimum Gasteiger partial charge on any atom is -0.494 e. The Morgan fingerprint density at radius 2 is 1.77 bits per heavy atom. The molecule has 1 fully saturated rings. The molecule has 1 aromatic heterocycles. The molecule has 19 nitrogen and oxygen atoms in total. The smallest absolute Gasteiger partial charge is 0.304 e. The number of unbranched alkanes of at least 4 members (excludes halogenated alkanes) is 3. The summed E-state index contributed by atoms with van der Waals surface area (Å²) in [5.41, 5.74) is 5.44. The fourth-order valence-electron chi connectivity index (χ4n) is 9.20. The number of hydrogen-bond acceptors (Lipinski definition) is 14. The number of piperidine rings is 1. The Morgan fingerprint density at radius 1 is 0.971 bits per heavy atom. The van der Waals surface area contributed by atoms with Gasteiger partial charge >= 0.3 is 5.97 Å². The number of amides is 5. The molecule has 5 N–H and O–H groups in total. The summed E-state index contributed by atoms with van der Waals surface area (Å²) in [4.78, 5) is 76.5. The Balaban J connectivity index is 0.830. The summed E-state index contributed by atoms with van der Waals surface area (Å²) < 4.78 is 44.7. The molecule has 4 heterocycles. The Kier molecular flexibility index (Phi) is 14.4. The lowest BCUT2D eigenvalue weighted by Crippen LogP contribution is -2.54. The molecule has 0 radical (unpaired) electrons. The van der Waals surface area contributed by atoms with Gasteiger partial charge in [-0.1, -0.05) is 48.4 Å². The summed E-state index contributed by atoms with van der Waals surface area (Å²) in [5.74, 6) is -3.52. The van der Waals surface area contributed by atoms with Gasteiger partial charge < -0.3 is 24.6 Å². The Labute approximate surface area is 399 Å². The molecule has 0 saturated carbocycles. The summed E-state index contributed by atoms with van der Waals surface area (Å²) in [5, 5.41) is 23.3. The molecule has 3 aliphatic rings. The van der Waals surface area contributed by atoms with E-state index in [-0.39, 0.29) is 55.8 Å². The maximum absolute atomic E-state index is 13.3. The molecule has 3 atom stereocenters. The van der Waals surface area contributed by atoms with E-state index in [1.54, 1.807) is 29.2 Å². The molecule has 3 aliphatic heterocycles. The number of carboxylic acids is 1. The van der Waals surface area contributed by atoms with E-state index < -0.39 is 64.3 Å². The third-order valence-electron chi connectivity index (χ3n) is 12.8. The van der Waals surface area contributed by atoms with Crippen molar-refractivity contribution in [2.45, 2.75) is 94.7 Å². The summed E-state index contributed by atoms with van der Waals surface area (Å²) in [6.07, 6.45) is 3.40. The van der Waals surface area contributed by atoms with Crippen molar-refractivity contribution in [3.63, 3.8) is 0 Å². The van der Waals surface area contributed by atoms with Crippen LogP contribution in [0.2, 0.25) is 0 Å². The van der Waals surface area contributed by atoms with E-state index in [1.807, 2.05) is 56.3 Å². The number of benzene rings is 4. The van der Waals surface area contributed by atoms with Gasteiger partial charge in [-0.15, -0.1) is 15.9 Å². The second-order valence-electron chi connectivity index (χ2n) is 17.6. The largest absolute Gasteiger partial charge is 0.494 e. The number of carbonyl (C=O) groups is 6. The van der Waals surface area contributed by atoms with Crippen LogP contribution in [0.4, 0.5) is 0 Å². The molecular weight excluding hydrogens is 911 g/mol. The lowest BCUT2D eigenvalue weighted by Gasteiger charge is -2.42. The molecule has 5 amide bonds. The number of imide groups is 2. The molecule has 4 aromatic carbocycles. The van der Waals surface area contributed by atoms with E-state index in [2.05, 4.69) is 20.9 Å². The van der Waals surface area contributed by atoms with Gasteiger partial charge in [-0.25, -0.2) is 4.68 Å². The molecule has 20 heteroatoms. The maximum Gasteiger partial charge on any atom is 0.304 e. The predicted molar refractivity (Wildman–Crippen MR) is 252 cm³/mol. The molecule has 69 heavy (non-hydrogen) atoms. The molecule has 0 bridgehead atoms. The fourth-order valence-corrected chi connectivity index (χ4v) is 10.8. The number of aromatic nitrogens is 3. The zero-order valence-corrected chi connectivity index (χ0v) is 39.5. The van der Waals surface area contributed by atoms with Crippen molar-refractivity contribution in [1.82, 2.24) is 34.8 Å². The Morgan fingerprint density at radius 3 is 2.54 bits per heavy atom. The standard InChI is InChI=1S/C49H55N7O12S/c1-28-13-15-31(35(24-44(59)60)32-22-36-46(40(23-32)66-4)54(3)53-52-36)21-33(28)26-55-25-29(2)68-39-20-30(14-17-41(39)69(55,64)65)10-7-5-6-8-19-50-43(58)27-67-38-12-9-11-34-45(38)49(63)56(48(34)62)37-16-18-42(57)51-47(37)61/h9,11-15,17,20-23,29,35,37,64-65H,5-8,10,16,18-19,24-27H2,1-4H3,(H,50,58)(H,59,60)(H,51,57,61)/t29-,35+,37?/m1/s1. The molecular formula is C49H55N7O12S. The summed E-state index contributed by atoms with van der Waals surface area (Å²) in [6.45, 7) is 4.22. The van der Waals surface area contributed by atoms with Gasteiger partial charge in [0.25, 0.3) is 17.7 Å². The average Bonchev–Trinajstić information content (AvgIpc) is 3.78. The number of fused-ring (bicyclic) bond motifs is 3. The highest BCUT2D eigenvalue weighted by atomic mass is 32.3. The van der Waals surface area contributed by atoms with Gasteiger partial charge in [0.2, 0.25) is 11.8 Å². The minimum absolute atomic E-state index is 0.000104. The van der Waals surface area contributed by atoms with Crippen LogP contribution in [-0.2, 0) is 39.2 Å². The summed E-state index contributed by atoms with van der Waals surface area (Å²) in [7, 11) is -0.213. The molecule has 364 valence electrons. The van der Waals surface area contributed by atoms with Gasteiger partial charge in [0, 0.05) is 32.5 Å². The molecule has 5 aromatic rings. The first-order valence-electron chi connectivity index (χ1n) is 22.8. The number of carbonyl (C=O) groups excluding carboxylic acids is 5. The van der Waals surface area contributed by atoms with Crippen molar-refractivity contribution in [1.29, 1.82) is 0 Å². The third-order valence-corrected chi connectivity index (χ3v) is 14.7. The minimum atomic E-state index is -3.52. The SMILES string of the molecule is COc1cc([C@@H](CC(=O)O)c2ccc(C)c(CN3C[C@@H](C)Oc4cc(CCCCCCNC(=O)COc5cccc6c5C(=O)N(C5CCC(=O)NC5=O)C6=O)ccc4S3(O)O)c2)cc2nnn(C)c12. The molecule has 1 unspecified atom stereocenters. The highest BCUT2D eigenvalue weighted by molar-refractivity contribution is 8.22. The summed E-state index contributed by atoms with van der Waals surface area (Å²) in [6, 6.07) is 18.2. The number of methoxy groups -OCH3 is 1. The lowest BCUT2D eigenvalue weighted by molar-refractivity contribution is -0.138. The zero-order chi connectivity index (χ0) is 49.1. The van der Waals surface area contributed by atoms with Gasteiger partial charge in [0.1, 0.15) is 45.3 Å². The van der Waals surface area contributed by atoms with Crippen LogP contribution in [0, 0.1) is 6.92 Å². The first kappa shape index (κ1) is 48.6. The number of aliphatic carboxylic acids is 1.